The van der Waals surface area contributed by atoms with E-state index in [9.17, 15) is 4.79 Å². The topological polar surface area (TPSA) is 83.5 Å². The van der Waals surface area contributed by atoms with Crippen LogP contribution in [0.25, 0.3) is 5.69 Å². The largest absolute Gasteiger partial charge is 0.482 e. The van der Waals surface area contributed by atoms with Gasteiger partial charge >= 0.3 is 5.69 Å². The highest BCUT2D eigenvalue weighted by atomic mass is 79.9. The van der Waals surface area contributed by atoms with Crippen LogP contribution >= 0.6 is 15.9 Å². The Hall–Kier alpha value is -2.16. The van der Waals surface area contributed by atoms with E-state index in [0.29, 0.717) is 11.6 Å². The molecule has 1 aromatic carbocycles. The molecule has 0 fully saturated rings. The van der Waals surface area contributed by atoms with Gasteiger partial charge in [0.15, 0.2) is 0 Å². The molecule has 9 heteroatoms. The summed E-state index contributed by atoms with van der Waals surface area (Å²) in [7, 11) is 3.04. The van der Waals surface area contributed by atoms with Crippen LogP contribution in [0.1, 0.15) is 12.5 Å². The third-order valence-corrected chi connectivity index (χ3v) is 3.48. The summed E-state index contributed by atoms with van der Waals surface area (Å²) in [5.41, 5.74) is 0.964. The molecule has 2 aromatic rings. The first-order valence-electron chi connectivity index (χ1n) is 6.02. The van der Waals surface area contributed by atoms with Gasteiger partial charge in [0.25, 0.3) is 0 Å². The molecule has 0 aliphatic heterocycles. The molecule has 0 N–H and O–H groups in total. The lowest BCUT2D eigenvalue weighted by molar-refractivity contribution is 0.121. The Morgan fingerprint density at radius 2 is 2.19 bits per heavy atom. The molecule has 0 bridgehead atoms. The molecule has 0 radical (unpaired) electrons. The fraction of sp³-hybridized carbons (Fsp3) is 0.333. The molecule has 0 saturated heterocycles. The van der Waals surface area contributed by atoms with Crippen LogP contribution in [0.5, 0.6) is 0 Å². The molecule has 0 saturated carbocycles. The van der Waals surface area contributed by atoms with Crippen molar-refractivity contribution in [3.05, 3.63) is 38.7 Å². The number of hydrogen-bond donors (Lipinski definition) is 0. The Balaban J connectivity index is 2.37. The van der Waals surface area contributed by atoms with E-state index >= 15 is 0 Å². The minimum atomic E-state index is -0.342. The maximum Gasteiger partial charge on any atom is 0.368 e. The molecule has 0 aliphatic carbocycles. The van der Waals surface area contributed by atoms with Crippen molar-refractivity contribution in [3.63, 3.8) is 0 Å². The van der Waals surface area contributed by atoms with Crippen molar-refractivity contribution in [1.82, 2.24) is 19.8 Å². The molecular weight excluding hydrogens is 342 g/mol. The predicted molar refractivity (Wildman–Crippen MR) is 79.2 cm³/mol. The SMILES string of the molecule is COC(C)=NOCc1c(Br)cccc1-n1nnn(C)c1=O. The highest BCUT2D eigenvalue weighted by Crippen LogP contribution is 2.23. The highest BCUT2D eigenvalue weighted by Gasteiger charge is 2.14. The first-order chi connectivity index (χ1) is 10.0. The minimum absolute atomic E-state index is 0.153. The number of aryl methyl sites for hydroxylation is 1. The average Bonchev–Trinajstić information content (AvgIpc) is 2.80. The molecular formula is C12H14BrN5O3. The summed E-state index contributed by atoms with van der Waals surface area (Å²) in [6, 6.07) is 5.40. The van der Waals surface area contributed by atoms with Crippen LogP contribution in [0.2, 0.25) is 0 Å². The van der Waals surface area contributed by atoms with Crippen LogP contribution in [0.4, 0.5) is 0 Å². The first-order valence-corrected chi connectivity index (χ1v) is 6.81. The smallest absolute Gasteiger partial charge is 0.368 e. The minimum Gasteiger partial charge on any atom is -0.482 e. The van der Waals surface area contributed by atoms with Gasteiger partial charge in [-0.2, -0.15) is 9.36 Å². The van der Waals surface area contributed by atoms with Crippen molar-refractivity contribution >= 4 is 21.8 Å². The van der Waals surface area contributed by atoms with E-state index in [2.05, 4.69) is 31.5 Å². The van der Waals surface area contributed by atoms with Gasteiger partial charge in [0.05, 0.1) is 12.8 Å². The van der Waals surface area contributed by atoms with E-state index < -0.39 is 0 Å². The lowest BCUT2D eigenvalue weighted by atomic mass is 10.2. The van der Waals surface area contributed by atoms with E-state index in [4.69, 9.17) is 9.57 Å². The van der Waals surface area contributed by atoms with Gasteiger partial charge in [-0.3, -0.25) is 0 Å². The van der Waals surface area contributed by atoms with Crippen molar-refractivity contribution < 1.29 is 9.57 Å². The number of ether oxygens (including phenoxy) is 1. The maximum atomic E-state index is 12.0. The van der Waals surface area contributed by atoms with Gasteiger partial charge in [0.1, 0.15) is 6.61 Å². The number of halogens is 1. The van der Waals surface area contributed by atoms with Crippen molar-refractivity contribution in [3.8, 4) is 5.69 Å². The Bertz CT molecular complexity index is 722. The van der Waals surface area contributed by atoms with Crippen LogP contribution in [-0.2, 0) is 23.2 Å². The van der Waals surface area contributed by atoms with Gasteiger partial charge in [-0.1, -0.05) is 27.2 Å². The number of aromatic nitrogens is 4. The zero-order valence-electron chi connectivity index (χ0n) is 11.8. The van der Waals surface area contributed by atoms with Crippen molar-refractivity contribution in [2.45, 2.75) is 13.5 Å². The molecule has 112 valence electrons. The Morgan fingerprint density at radius 3 is 2.81 bits per heavy atom. The number of nitrogens with zero attached hydrogens (tertiary/aromatic N) is 5. The quantitative estimate of drug-likeness (QED) is 0.467. The van der Waals surface area contributed by atoms with Crippen LogP contribution < -0.4 is 5.69 Å². The maximum absolute atomic E-state index is 12.0. The van der Waals surface area contributed by atoms with Crippen LogP contribution in [0.3, 0.4) is 0 Å². The summed E-state index contributed by atoms with van der Waals surface area (Å²) in [6.07, 6.45) is 0. The van der Waals surface area contributed by atoms with Gasteiger partial charge in [0.2, 0.25) is 5.90 Å². The summed E-state index contributed by atoms with van der Waals surface area (Å²) < 4.78 is 8.02. The first kappa shape index (κ1) is 15.2. The number of methoxy groups -OCH3 is 1. The molecule has 21 heavy (non-hydrogen) atoms. The van der Waals surface area contributed by atoms with E-state index in [-0.39, 0.29) is 12.3 Å². The van der Waals surface area contributed by atoms with E-state index in [1.54, 1.807) is 19.1 Å². The van der Waals surface area contributed by atoms with Gasteiger partial charge in [-0.05, 0) is 22.6 Å². The Labute approximate surface area is 129 Å². The fourth-order valence-corrected chi connectivity index (χ4v) is 2.05. The van der Waals surface area contributed by atoms with E-state index in [1.807, 2.05) is 6.07 Å². The second-order valence-electron chi connectivity index (χ2n) is 4.12. The summed E-state index contributed by atoms with van der Waals surface area (Å²) in [6.45, 7) is 1.83. The van der Waals surface area contributed by atoms with Crippen molar-refractivity contribution in [2.75, 3.05) is 7.11 Å². The second kappa shape index (κ2) is 6.53. The summed E-state index contributed by atoms with van der Waals surface area (Å²) in [5.74, 6) is 0.403. The molecule has 8 nitrogen and oxygen atoms in total. The molecule has 0 amide bonds. The van der Waals surface area contributed by atoms with E-state index in [1.165, 1.54) is 18.8 Å². The molecule has 1 aromatic heterocycles. The van der Waals surface area contributed by atoms with Gasteiger partial charge in [0, 0.05) is 24.0 Å². The number of rotatable bonds is 4. The third kappa shape index (κ3) is 3.30. The lowest BCUT2D eigenvalue weighted by Gasteiger charge is -2.09. The Morgan fingerprint density at radius 1 is 1.43 bits per heavy atom. The normalized spacial score (nSPS) is 11.5. The third-order valence-electron chi connectivity index (χ3n) is 2.74. The standard InChI is InChI=1S/C12H14BrN5O3/c1-8(20-3)14-21-7-9-10(13)5-4-6-11(9)18-12(19)17(2)15-16-18/h4-6H,7H2,1-3H3. The molecule has 0 unspecified atom stereocenters. The number of tetrazole rings is 1. The zero-order valence-corrected chi connectivity index (χ0v) is 13.4. The second-order valence-corrected chi connectivity index (χ2v) is 4.98. The average molecular weight is 356 g/mol. The summed E-state index contributed by atoms with van der Waals surface area (Å²) in [5, 5.41) is 11.3. The van der Waals surface area contributed by atoms with Crippen LogP contribution in [0.15, 0.2) is 32.6 Å². The number of benzene rings is 1. The van der Waals surface area contributed by atoms with Crippen LogP contribution in [-0.4, -0.2) is 32.8 Å². The van der Waals surface area contributed by atoms with Crippen molar-refractivity contribution in [2.24, 2.45) is 12.2 Å². The molecule has 1 heterocycles. The fourth-order valence-electron chi connectivity index (χ4n) is 1.58. The summed E-state index contributed by atoms with van der Waals surface area (Å²) >= 11 is 3.43. The lowest BCUT2D eigenvalue weighted by Crippen LogP contribution is -2.23. The number of hydrogen-bond acceptors (Lipinski definition) is 6. The van der Waals surface area contributed by atoms with Gasteiger partial charge in [-0.15, -0.1) is 0 Å². The Kier molecular flexibility index (Phi) is 4.73. The predicted octanol–water partition coefficient (Wildman–Crippen LogP) is 1.22. The molecule has 0 aliphatic rings. The summed E-state index contributed by atoms with van der Waals surface area (Å²) in [4.78, 5) is 17.2. The zero-order chi connectivity index (χ0) is 15.4. The van der Waals surface area contributed by atoms with Crippen molar-refractivity contribution in [1.29, 1.82) is 0 Å². The monoisotopic (exact) mass is 355 g/mol. The van der Waals surface area contributed by atoms with E-state index in [0.717, 1.165) is 14.7 Å². The van der Waals surface area contributed by atoms with Gasteiger partial charge < -0.3 is 9.57 Å². The van der Waals surface area contributed by atoms with Crippen LogP contribution in [0, 0.1) is 0 Å². The molecule has 2 rings (SSSR count). The highest BCUT2D eigenvalue weighted by molar-refractivity contribution is 9.10. The number of oxime groups is 1. The molecule has 0 spiro atoms. The van der Waals surface area contributed by atoms with Gasteiger partial charge in [-0.25, -0.2) is 4.79 Å². The molecule has 0 atom stereocenters.